The third-order valence-electron chi connectivity index (χ3n) is 3.68. The van der Waals surface area contributed by atoms with Crippen molar-refractivity contribution in [1.82, 2.24) is 0 Å². The molecule has 20 heavy (non-hydrogen) atoms. The lowest BCUT2D eigenvalue weighted by atomic mass is 9.95. The summed E-state index contributed by atoms with van der Waals surface area (Å²) in [4.78, 5) is 0.981. The van der Waals surface area contributed by atoms with Crippen LogP contribution in [0, 0.1) is 5.41 Å². The van der Waals surface area contributed by atoms with E-state index in [0.29, 0.717) is 11.3 Å². The van der Waals surface area contributed by atoms with Crippen molar-refractivity contribution < 1.29 is 9.47 Å². The minimum Gasteiger partial charge on any atom is -0.490 e. The molecule has 2 atom stereocenters. The molecule has 1 aromatic carbocycles. The van der Waals surface area contributed by atoms with E-state index in [0.717, 1.165) is 30.6 Å². The fourth-order valence-corrected chi connectivity index (χ4v) is 3.28. The Labute approximate surface area is 124 Å². The highest BCUT2D eigenvalue weighted by atomic mass is 32.2. The molecule has 5 heteroatoms. The van der Waals surface area contributed by atoms with Gasteiger partial charge in [-0.25, -0.2) is 0 Å². The number of amidine groups is 1. The highest BCUT2D eigenvalue weighted by Gasteiger charge is 2.24. The second kappa shape index (κ2) is 6.99. The monoisotopic (exact) mass is 294 g/mol. The molecular weight excluding hydrogens is 272 g/mol. The number of hydrogen-bond acceptors (Lipinski definition) is 4. The molecule has 0 aromatic heterocycles. The van der Waals surface area contributed by atoms with E-state index in [2.05, 4.69) is 0 Å². The first-order valence-corrected chi connectivity index (χ1v) is 8.09. The van der Waals surface area contributed by atoms with Gasteiger partial charge in [-0.3, -0.25) is 5.41 Å². The van der Waals surface area contributed by atoms with Crippen LogP contribution in [0.15, 0.2) is 23.1 Å². The second-order valence-electron chi connectivity index (χ2n) is 5.01. The average Bonchev–Trinajstić information content (AvgIpc) is 2.46. The largest absolute Gasteiger partial charge is 0.490 e. The Morgan fingerprint density at radius 2 is 2.10 bits per heavy atom. The smallest absolute Gasteiger partial charge is 0.131 e. The van der Waals surface area contributed by atoms with Crippen LogP contribution >= 0.6 is 11.8 Å². The Morgan fingerprint density at radius 1 is 1.35 bits per heavy atom. The number of nitrogen functional groups attached to an aromatic ring is 1. The molecule has 3 N–H and O–H groups in total. The Morgan fingerprint density at radius 3 is 2.75 bits per heavy atom. The van der Waals surface area contributed by atoms with Crippen LogP contribution in [-0.4, -0.2) is 31.4 Å². The van der Waals surface area contributed by atoms with Gasteiger partial charge in [0.05, 0.1) is 11.7 Å². The molecule has 110 valence electrons. The molecule has 2 rings (SSSR count). The first kappa shape index (κ1) is 15.2. The number of benzene rings is 1. The number of ether oxygens (including phenoxy) is 2. The highest BCUT2D eigenvalue weighted by molar-refractivity contribution is 7.98. The fourth-order valence-electron chi connectivity index (χ4n) is 2.65. The van der Waals surface area contributed by atoms with Gasteiger partial charge in [0.1, 0.15) is 17.7 Å². The third-order valence-corrected chi connectivity index (χ3v) is 4.46. The molecule has 0 bridgehead atoms. The van der Waals surface area contributed by atoms with Crippen LogP contribution in [0.25, 0.3) is 0 Å². The van der Waals surface area contributed by atoms with Crippen molar-refractivity contribution in [3.63, 3.8) is 0 Å². The zero-order valence-corrected chi connectivity index (χ0v) is 12.8. The van der Waals surface area contributed by atoms with E-state index in [1.807, 2.05) is 24.5 Å². The Kier molecular flexibility index (Phi) is 5.31. The predicted octanol–water partition coefficient (Wildman–Crippen LogP) is 3.03. The van der Waals surface area contributed by atoms with E-state index < -0.39 is 0 Å². The quantitative estimate of drug-likeness (QED) is 0.497. The van der Waals surface area contributed by atoms with E-state index in [4.69, 9.17) is 20.6 Å². The molecule has 0 radical (unpaired) electrons. The van der Waals surface area contributed by atoms with Gasteiger partial charge < -0.3 is 15.2 Å². The van der Waals surface area contributed by atoms with Gasteiger partial charge in [-0.1, -0.05) is 6.07 Å². The third kappa shape index (κ3) is 3.46. The zero-order chi connectivity index (χ0) is 14.5. The number of hydrogen-bond donors (Lipinski definition) is 2. The van der Waals surface area contributed by atoms with Crippen LogP contribution in [0.5, 0.6) is 5.75 Å². The van der Waals surface area contributed by atoms with Crippen LogP contribution in [-0.2, 0) is 4.74 Å². The lowest BCUT2D eigenvalue weighted by Gasteiger charge is -2.29. The molecule has 0 aliphatic heterocycles. The van der Waals surface area contributed by atoms with Crippen LogP contribution in [0.2, 0.25) is 0 Å². The number of rotatable bonds is 5. The number of nitrogens with one attached hydrogen (secondary N) is 1. The van der Waals surface area contributed by atoms with E-state index in [1.54, 1.807) is 18.9 Å². The summed E-state index contributed by atoms with van der Waals surface area (Å²) in [5.41, 5.74) is 6.42. The van der Waals surface area contributed by atoms with E-state index in [1.165, 1.54) is 0 Å². The van der Waals surface area contributed by atoms with Crippen molar-refractivity contribution >= 4 is 17.6 Å². The fraction of sp³-hybridized carbons (Fsp3) is 0.533. The molecule has 1 aromatic rings. The van der Waals surface area contributed by atoms with Crippen molar-refractivity contribution in [1.29, 1.82) is 5.41 Å². The lowest BCUT2D eigenvalue weighted by Crippen LogP contribution is -2.30. The molecule has 0 spiro atoms. The number of nitrogens with two attached hydrogens (primary N) is 1. The lowest BCUT2D eigenvalue weighted by molar-refractivity contribution is 0.0208. The molecule has 1 aliphatic carbocycles. The highest BCUT2D eigenvalue weighted by Crippen LogP contribution is 2.31. The summed E-state index contributed by atoms with van der Waals surface area (Å²) < 4.78 is 11.5. The zero-order valence-electron chi connectivity index (χ0n) is 12.0. The van der Waals surface area contributed by atoms with Crippen LogP contribution in [0.4, 0.5) is 0 Å². The molecule has 4 nitrogen and oxygen atoms in total. The number of methoxy groups -OCH3 is 1. The van der Waals surface area contributed by atoms with Gasteiger partial charge in [0.2, 0.25) is 0 Å². The Bertz CT molecular complexity index is 479. The Hall–Kier alpha value is -1.20. The van der Waals surface area contributed by atoms with E-state index >= 15 is 0 Å². The van der Waals surface area contributed by atoms with Gasteiger partial charge in [0, 0.05) is 18.4 Å². The van der Waals surface area contributed by atoms with Gasteiger partial charge in [0.25, 0.3) is 0 Å². The van der Waals surface area contributed by atoms with Crippen LogP contribution in [0.1, 0.15) is 31.2 Å². The molecule has 0 saturated heterocycles. The van der Waals surface area contributed by atoms with Gasteiger partial charge >= 0.3 is 0 Å². The van der Waals surface area contributed by atoms with E-state index in [-0.39, 0.29) is 18.0 Å². The number of thioether (sulfide) groups is 1. The molecule has 1 fully saturated rings. The van der Waals surface area contributed by atoms with Gasteiger partial charge in [0.15, 0.2) is 0 Å². The summed E-state index contributed by atoms with van der Waals surface area (Å²) in [6, 6.07) is 5.81. The van der Waals surface area contributed by atoms with Crippen molar-refractivity contribution in [2.45, 2.75) is 42.8 Å². The molecular formula is C15H22N2O2S. The summed E-state index contributed by atoms with van der Waals surface area (Å²) in [5.74, 6) is 0.773. The maximum absolute atomic E-state index is 7.77. The minimum atomic E-state index is 0.0593. The molecule has 0 amide bonds. The topological polar surface area (TPSA) is 68.3 Å². The Balaban J connectivity index is 2.18. The SMILES string of the molecule is COC1CCCC(Oc2cccc(SC)c2C(=N)N)C1. The van der Waals surface area contributed by atoms with Crippen LogP contribution in [0.3, 0.4) is 0 Å². The van der Waals surface area contributed by atoms with Crippen molar-refractivity contribution in [2.75, 3.05) is 13.4 Å². The predicted molar refractivity (Wildman–Crippen MR) is 82.9 cm³/mol. The van der Waals surface area contributed by atoms with Gasteiger partial charge in [-0.15, -0.1) is 11.8 Å². The van der Waals surface area contributed by atoms with E-state index in [9.17, 15) is 0 Å². The van der Waals surface area contributed by atoms with Crippen molar-refractivity contribution in [3.8, 4) is 5.75 Å². The summed E-state index contributed by atoms with van der Waals surface area (Å²) >= 11 is 1.58. The molecule has 1 aliphatic rings. The molecule has 0 heterocycles. The second-order valence-corrected chi connectivity index (χ2v) is 5.86. The first-order chi connectivity index (χ1) is 9.65. The summed E-state index contributed by atoms with van der Waals surface area (Å²) in [6.45, 7) is 0. The van der Waals surface area contributed by atoms with Gasteiger partial charge in [-0.05, 0) is 37.7 Å². The molecule has 2 unspecified atom stereocenters. The minimum absolute atomic E-state index is 0.0593. The average molecular weight is 294 g/mol. The van der Waals surface area contributed by atoms with Gasteiger partial charge in [-0.2, -0.15) is 0 Å². The normalized spacial score (nSPS) is 22.5. The standard InChI is InChI=1S/C15H22N2O2S/c1-18-10-5-3-6-11(9-10)19-12-7-4-8-13(20-2)14(12)15(16)17/h4,7-8,10-11H,3,5-6,9H2,1-2H3,(H3,16,17). The van der Waals surface area contributed by atoms with Crippen LogP contribution < -0.4 is 10.5 Å². The maximum Gasteiger partial charge on any atom is 0.131 e. The van der Waals surface area contributed by atoms with Crippen molar-refractivity contribution in [2.24, 2.45) is 5.73 Å². The maximum atomic E-state index is 7.77. The summed E-state index contributed by atoms with van der Waals surface area (Å²) in [7, 11) is 1.75. The van der Waals surface area contributed by atoms with Crippen molar-refractivity contribution in [3.05, 3.63) is 23.8 Å². The summed E-state index contributed by atoms with van der Waals surface area (Å²) in [6.07, 6.45) is 6.54. The molecule has 1 saturated carbocycles. The first-order valence-electron chi connectivity index (χ1n) is 6.86. The summed E-state index contributed by atoms with van der Waals surface area (Å²) in [5, 5.41) is 7.77.